The lowest BCUT2D eigenvalue weighted by molar-refractivity contribution is 0.0767. The van der Waals surface area contributed by atoms with E-state index in [1.165, 1.54) is 6.07 Å². The van der Waals surface area contributed by atoms with Crippen LogP contribution in [0.25, 0.3) is 11.0 Å². The maximum absolute atomic E-state index is 13.5. The number of rotatable bonds is 1. The Balaban J connectivity index is 2.19. The third-order valence-electron chi connectivity index (χ3n) is 3.78. The second-order valence-electron chi connectivity index (χ2n) is 5.00. The first-order valence-corrected chi connectivity index (χ1v) is 7.55. The molecule has 0 spiro atoms. The van der Waals surface area contributed by atoms with Crippen LogP contribution in [0.4, 0.5) is 4.39 Å². The Morgan fingerprint density at radius 3 is 2.84 bits per heavy atom. The Bertz CT molecular complexity index is 681. The molecule has 0 aliphatic heterocycles. The Kier molecular flexibility index (Phi) is 3.49. The van der Waals surface area contributed by atoms with E-state index in [2.05, 4.69) is 20.9 Å². The Morgan fingerprint density at radius 1 is 1.37 bits per heavy atom. The lowest BCUT2D eigenvalue weighted by Gasteiger charge is -2.29. The average Bonchev–Trinajstić information content (AvgIpc) is 2.66. The van der Waals surface area contributed by atoms with E-state index in [1.54, 1.807) is 6.07 Å². The quantitative estimate of drug-likeness (QED) is 0.765. The smallest absolute Gasteiger partial charge is 0.178 e. The molecule has 1 heterocycles. The minimum atomic E-state index is -0.386. The van der Waals surface area contributed by atoms with Crippen LogP contribution in [0.2, 0.25) is 0 Å². The molecule has 1 aromatic heterocycles. The largest absolute Gasteiger partial charge is 0.391 e. The molecule has 1 aromatic carbocycles. The van der Waals surface area contributed by atoms with Gasteiger partial charge in [-0.15, -0.1) is 0 Å². The Labute approximate surface area is 123 Å². The number of fused-ring (bicyclic) bond motifs is 1. The fraction of sp³-hybridized carbons (Fsp3) is 0.462. The number of aliphatic hydroxyl groups is 1. The average molecular weight is 345 g/mol. The van der Waals surface area contributed by atoms with Crippen molar-refractivity contribution in [1.29, 1.82) is 0 Å². The molecule has 2 N–H and O–H groups in total. The number of aromatic nitrogens is 2. The highest BCUT2D eigenvalue weighted by molar-refractivity contribution is 9.10. The standard InChI is InChI=1S/C13H14BrFN2OS/c14-7-5-11-9(6-8(7)15)16-13(19)17(11)10-3-1-2-4-12(10)18/h5-6,10,12,18H,1-4H2,(H,16,19). The summed E-state index contributed by atoms with van der Waals surface area (Å²) in [6.07, 6.45) is 3.44. The van der Waals surface area contributed by atoms with Crippen LogP contribution in [-0.4, -0.2) is 20.8 Å². The van der Waals surface area contributed by atoms with E-state index in [-0.39, 0.29) is 18.0 Å². The van der Waals surface area contributed by atoms with Crippen LogP contribution in [0.3, 0.4) is 0 Å². The van der Waals surface area contributed by atoms with Gasteiger partial charge in [-0.2, -0.15) is 0 Å². The number of benzene rings is 1. The summed E-state index contributed by atoms with van der Waals surface area (Å²) in [5, 5.41) is 10.2. The van der Waals surface area contributed by atoms with Gasteiger partial charge in [-0.3, -0.25) is 0 Å². The van der Waals surface area contributed by atoms with E-state index in [0.717, 1.165) is 31.2 Å². The van der Waals surface area contributed by atoms with Crippen molar-refractivity contribution in [2.45, 2.75) is 37.8 Å². The van der Waals surface area contributed by atoms with Crippen LogP contribution in [0, 0.1) is 10.6 Å². The van der Waals surface area contributed by atoms with Gasteiger partial charge in [0.25, 0.3) is 0 Å². The van der Waals surface area contributed by atoms with Crippen LogP contribution in [0.1, 0.15) is 31.7 Å². The highest BCUT2D eigenvalue weighted by Gasteiger charge is 2.26. The van der Waals surface area contributed by atoms with E-state index >= 15 is 0 Å². The summed E-state index contributed by atoms with van der Waals surface area (Å²) < 4.78 is 16.4. The maximum atomic E-state index is 13.5. The third kappa shape index (κ3) is 2.26. The molecule has 6 heteroatoms. The topological polar surface area (TPSA) is 41.0 Å². The predicted molar refractivity (Wildman–Crippen MR) is 78.3 cm³/mol. The van der Waals surface area contributed by atoms with Gasteiger partial charge in [0.2, 0.25) is 0 Å². The molecule has 1 fully saturated rings. The summed E-state index contributed by atoms with van der Waals surface area (Å²) in [5.74, 6) is -0.319. The highest BCUT2D eigenvalue weighted by Crippen LogP contribution is 2.33. The molecule has 102 valence electrons. The predicted octanol–water partition coefficient (Wildman–Crippen LogP) is 4.08. The zero-order valence-electron chi connectivity index (χ0n) is 10.2. The summed E-state index contributed by atoms with van der Waals surface area (Å²) in [5.41, 5.74) is 1.51. The molecule has 0 saturated heterocycles. The van der Waals surface area contributed by atoms with Gasteiger partial charge >= 0.3 is 0 Å². The van der Waals surface area contributed by atoms with E-state index in [4.69, 9.17) is 12.2 Å². The maximum Gasteiger partial charge on any atom is 0.178 e. The van der Waals surface area contributed by atoms with E-state index in [9.17, 15) is 9.50 Å². The summed E-state index contributed by atoms with van der Waals surface area (Å²) in [6.45, 7) is 0. The molecule has 2 atom stereocenters. The summed E-state index contributed by atoms with van der Waals surface area (Å²) in [6, 6.07) is 3.13. The van der Waals surface area contributed by atoms with Crippen LogP contribution >= 0.6 is 28.1 Å². The van der Waals surface area contributed by atoms with Crippen molar-refractivity contribution in [2.24, 2.45) is 0 Å². The summed E-state index contributed by atoms with van der Waals surface area (Å²) >= 11 is 8.53. The lowest BCUT2D eigenvalue weighted by Crippen LogP contribution is -2.27. The number of hydrogen-bond donors (Lipinski definition) is 2. The fourth-order valence-corrected chi connectivity index (χ4v) is 3.52. The fourth-order valence-electron chi connectivity index (χ4n) is 2.84. The van der Waals surface area contributed by atoms with Crippen molar-refractivity contribution in [3.05, 3.63) is 27.2 Å². The summed E-state index contributed by atoms with van der Waals surface area (Å²) in [4.78, 5) is 3.02. The third-order valence-corrected chi connectivity index (χ3v) is 4.69. The molecule has 3 rings (SSSR count). The van der Waals surface area contributed by atoms with Crippen molar-refractivity contribution >= 4 is 39.2 Å². The van der Waals surface area contributed by atoms with Gasteiger partial charge in [-0.1, -0.05) is 12.8 Å². The van der Waals surface area contributed by atoms with E-state index in [0.29, 0.717) is 14.8 Å². The molecule has 2 aromatic rings. The molecule has 2 unspecified atom stereocenters. The van der Waals surface area contributed by atoms with E-state index in [1.807, 2.05) is 4.57 Å². The van der Waals surface area contributed by atoms with Crippen LogP contribution in [0.15, 0.2) is 16.6 Å². The first-order chi connectivity index (χ1) is 9.08. The minimum Gasteiger partial charge on any atom is -0.391 e. The number of aromatic amines is 1. The van der Waals surface area contributed by atoms with Gasteiger partial charge in [-0.25, -0.2) is 4.39 Å². The first kappa shape index (κ1) is 13.3. The second kappa shape index (κ2) is 5.00. The number of imidazole rings is 1. The van der Waals surface area contributed by atoms with Crippen molar-refractivity contribution < 1.29 is 9.50 Å². The Morgan fingerprint density at radius 2 is 2.11 bits per heavy atom. The highest BCUT2D eigenvalue weighted by atomic mass is 79.9. The molecule has 1 aliphatic carbocycles. The van der Waals surface area contributed by atoms with Gasteiger partial charge in [0.1, 0.15) is 5.82 Å². The van der Waals surface area contributed by atoms with Gasteiger partial charge in [0.15, 0.2) is 4.77 Å². The molecule has 0 bridgehead atoms. The number of nitrogens with zero attached hydrogens (tertiary/aromatic N) is 1. The lowest BCUT2D eigenvalue weighted by atomic mass is 9.92. The normalized spacial score (nSPS) is 23.9. The molecule has 1 saturated carbocycles. The Hall–Kier alpha value is -0.720. The number of halogens is 2. The van der Waals surface area contributed by atoms with Crippen molar-refractivity contribution in [3.63, 3.8) is 0 Å². The first-order valence-electron chi connectivity index (χ1n) is 6.35. The molecular weight excluding hydrogens is 331 g/mol. The molecule has 19 heavy (non-hydrogen) atoms. The zero-order valence-corrected chi connectivity index (χ0v) is 12.6. The second-order valence-corrected chi connectivity index (χ2v) is 6.24. The van der Waals surface area contributed by atoms with Crippen LogP contribution < -0.4 is 0 Å². The zero-order chi connectivity index (χ0) is 13.6. The molecule has 0 radical (unpaired) electrons. The monoisotopic (exact) mass is 344 g/mol. The van der Waals surface area contributed by atoms with Crippen LogP contribution in [-0.2, 0) is 0 Å². The summed E-state index contributed by atoms with van der Waals surface area (Å²) in [7, 11) is 0. The van der Waals surface area contributed by atoms with Crippen molar-refractivity contribution in [1.82, 2.24) is 9.55 Å². The van der Waals surface area contributed by atoms with Crippen LogP contribution in [0.5, 0.6) is 0 Å². The van der Waals surface area contributed by atoms with Gasteiger partial charge in [0, 0.05) is 6.07 Å². The SMILES string of the molecule is OC1CCCCC1n1c(=S)[nH]c2cc(F)c(Br)cc21. The number of hydrogen-bond acceptors (Lipinski definition) is 2. The van der Waals surface area contributed by atoms with Gasteiger partial charge in [-0.05, 0) is 47.1 Å². The minimum absolute atomic E-state index is 0.0210. The van der Waals surface area contributed by atoms with Crippen molar-refractivity contribution in [2.75, 3.05) is 0 Å². The van der Waals surface area contributed by atoms with Gasteiger partial charge < -0.3 is 14.7 Å². The molecule has 1 aliphatic rings. The van der Waals surface area contributed by atoms with Gasteiger partial charge in [0.05, 0.1) is 27.7 Å². The molecule has 0 amide bonds. The number of nitrogens with one attached hydrogen (secondary N) is 1. The van der Waals surface area contributed by atoms with Crippen molar-refractivity contribution in [3.8, 4) is 0 Å². The number of aliphatic hydroxyl groups excluding tert-OH is 1. The molecule has 3 nitrogen and oxygen atoms in total. The molecular formula is C13H14BrFN2OS. The number of H-pyrrole nitrogens is 1. The van der Waals surface area contributed by atoms with E-state index < -0.39 is 0 Å².